The number of hydrogen-bond acceptors (Lipinski definition) is 4. The standard InChI is InChI=1S/C24H27FN4O2S/c1-14(20-8-9-21(32-20)24(31)29-10-4-5-16(25)13-29)26-22(30)12-15-11-17(15)23-27-18-6-2-3-7-19(18)28-23/h2-3,6-9,14-17H,4-5,10-13H2,1H3,(H,26,30)(H,27,28)/t14-,15-,16?,17-/m1/s1. The summed E-state index contributed by atoms with van der Waals surface area (Å²) in [5, 5.41) is 3.06. The minimum Gasteiger partial charge on any atom is -0.349 e. The summed E-state index contributed by atoms with van der Waals surface area (Å²) in [5.74, 6) is 1.47. The summed E-state index contributed by atoms with van der Waals surface area (Å²) in [6.45, 7) is 2.71. The Labute approximate surface area is 190 Å². The Morgan fingerprint density at radius 2 is 2.16 bits per heavy atom. The molecule has 1 aliphatic carbocycles. The maximum absolute atomic E-state index is 13.6. The molecule has 1 saturated heterocycles. The molecule has 2 amide bonds. The van der Waals surface area contributed by atoms with Crippen LogP contribution >= 0.6 is 11.3 Å². The first-order valence-corrected chi connectivity index (χ1v) is 12.1. The second kappa shape index (κ2) is 8.65. The number of fused-ring (bicyclic) bond motifs is 1. The number of aromatic nitrogens is 2. The number of nitrogens with zero attached hydrogens (tertiary/aromatic N) is 2. The Hall–Kier alpha value is -2.74. The van der Waals surface area contributed by atoms with Crippen LogP contribution in [0, 0.1) is 5.92 Å². The van der Waals surface area contributed by atoms with Gasteiger partial charge in [0.2, 0.25) is 5.91 Å². The summed E-state index contributed by atoms with van der Waals surface area (Å²) in [6.07, 6.45) is 1.73. The van der Waals surface area contributed by atoms with Crippen LogP contribution in [0.5, 0.6) is 0 Å². The number of amides is 2. The predicted octanol–water partition coefficient (Wildman–Crippen LogP) is 4.57. The number of halogens is 1. The average molecular weight is 455 g/mol. The van der Waals surface area contributed by atoms with Gasteiger partial charge in [-0.2, -0.15) is 0 Å². The lowest BCUT2D eigenvalue weighted by Gasteiger charge is -2.28. The molecule has 2 fully saturated rings. The number of aromatic amines is 1. The maximum Gasteiger partial charge on any atom is 0.264 e. The quantitative estimate of drug-likeness (QED) is 0.573. The highest BCUT2D eigenvalue weighted by atomic mass is 32.1. The maximum atomic E-state index is 13.6. The summed E-state index contributed by atoms with van der Waals surface area (Å²) in [5.41, 5.74) is 1.99. The van der Waals surface area contributed by atoms with Gasteiger partial charge in [-0.05, 0) is 56.4 Å². The molecule has 2 aliphatic rings. The molecule has 168 valence electrons. The van der Waals surface area contributed by atoms with Gasteiger partial charge < -0.3 is 15.2 Å². The van der Waals surface area contributed by atoms with Crippen molar-refractivity contribution in [3.63, 3.8) is 0 Å². The van der Waals surface area contributed by atoms with E-state index in [1.165, 1.54) is 11.3 Å². The third-order valence-corrected chi connectivity index (χ3v) is 7.68. The minimum atomic E-state index is -0.934. The number of nitrogens with one attached hydrogen (secondary N) is 2. The second-order valence-electron chi connectivity index (χ2n) is 8.93. The molecule has 0 radical (unpaired) electrons. The molecular weight excluding hydrogens is 427 g/mol. The number of thiophene rings is 1. The van der Waals surface area contributed by atoms with E-state index in [-0.39, 0.29) is 24.4 Å². The van der Waals surface area contributed by atoms with Crippen molar-refractivity contribution >= 4 is 34.2 Å². The van der Waals surface area contributed by atoms with Crippen LogP contribution in [0.2, 0.25) is 0 Å². The fraction of sp³-hybridized carbons (Fsp3) is 0.458. The number of likely N-dealkylation sites (tertiary alicyclic amines) is 1. The number of rotatable bonds is 6. The van der Waals surface area contributed by atoms with Crippen LogP contribution in [0.3, 0.4) is 0 Å². The lowest BCUT2D eigenvalue weighted by Crippen LogP contribution is -2.40. The Morgan fingerprint density at radius 3 is 2.97 bits per heavy atom. The van der Waals surface area contributed by atoms with Crippen molar-refractivity contribution < 1.29 is 14.0 Å². The van der Waals surface area contributed by atoms with E-state index in [2.05, 4.69) is 15.3 Å². The second-order valence-corrected chi connectivity index (χ2v) is 10.0. The van der Waals surface area contributed by atoms with E-state index < -0.39 is 6.17 Å². The van der Waals surface area contributed by atoms with Crippen LogP contribution in [0.1, 0.15) is 64.9 Å². The summed E-state index contributed by atoms with van der Waals surface area (Å²) in [6, 6.07) is 11.4. The molecule has 3 heterocycles. The monoisotopic (exact) mass is 454 g/mol. The number of piperidine rings is 1. The molecule has 4 atom stereocenters. The number of hydrogen-bond donors (Lipinski definition) is 2. The van der Waals surface area contributed by atoms with Crippen LogP contribution in [0.25, 0.3) is 11.0 Å². The molecule has 8 heteroatoms. The fourth-order valence-corrected chi connectivity index (χ4v) is 5.51. The fourth-order valence-electron chi connectivity index (χ4n) is 4.53. The van der Waals surface area contributed by atoms with Gasteiger partial charge in [-0.25, -0.2) is 9.37 Å². The Morgan fingerprint density at radius 1 is 1.31 bits per heavy atom. The summed E-state index contributed by atoms with van der Waals surface area (Å²) < 4.78 is 13.6. The predicted molar refractivity (Wildman–Crippen MR) is 122 cm³/mol. The number of benzene rings is 1. The Balaban J connectivity index is 1.14. The van der Waals surface area contributed by atoms with E-state index in [4.69, 9.17) is 0 Å². The van der Waals surface area contributed by atoms with Crippen LogP contribution in [0.4, 0.5) is 4.39 Å². The molecule has 2 aromatic heterocycles. The minimum absolute atomic E-state index is 0.0127. The van der Waals surface area contributed by atoms with Crippen molar-refractivity contribution in [1.82, 2.24) is 20.2 Å². The smallest absolute Gasteiger partial charge is 0.264 e. The summed E-state index contributed by atoms with van der Waals surface area (Å²) >= 11 is 1.38. The van der Waals surface area contributed by atoms with Gasteiger partial charge in [-0.15, -0.1) is 11.3 Å². The zero-order valence-corrected chi connectivity index (χ0v) is 18.8. The van der Waals surface area contributed by atoms with Crippen LogP contribution in [0.15, 0.2) is 36.4 Å². The van der Waals surface area contributed by atoms with Crippen molar-refractivity contribution in [2.75, 3.05) is 13.1 Å². The number of alkyl halides is 1. The van der Waals surface area contributed by atoms with Gasteiger partial charge in [0.15, 0.2) is 0 Å². The van der Waals surface area contributed by atoms with Gasteiger partial charge in [0.25, 0.3) is 5.91 Å². The highest BCUT2D eigenvalue weighted by Crippen LogP contribution is 2.48. The van der Waals surface area contributed by atoms with Crippen molar-refractivity contribution in [2.24, 2.45) is 5.92 Å². The van der Waals surface area contributed by atoms with E-state index in [0.29, 0.717) is 42.5 Å². The number of H-pyrrole nitrogens is 1. The van der Waals surface area contributed by atoms with Gasteiger partial charge >= 0.3 is 0 Å². The first kappa shape index (κ1) is 21.1. The van der Waals surface area contributed by atoms with E-state index in [0.717, 1.165) is 28.2 Å². The van der Waals surface area contributed by atoms with Gasteiger partial charge in [-0.1, -0.05) is 12.1 Å². The van der Waals surface area contributed by atoms with Gasteiger partial charge in [0.05, 0.1) is 28.5 Å². The third-order valence-electron chi connectivity index (χ3n) is 6.42. The molecule has 0 spiro atoms. The molecule has 1 unspecified atom stereocenters. The normalized spacial score (nSPS) is 23.8. The lowest BCUT2D eigenvalue weighted by molar-refractivity contribution is -0.122. The topological polar surface area (TPSA) is 78.1 Å². The molecule has 5 rings (SSSR count). The van der Waals surface area contributed by atoms with E-state index in [1.807, 2.05) is 37.3 Å². The average Bonchev–Trinajstić information content (AvgIpc) is 3.19. The van der Waals surface area contributed by atoms with Crippen molar-refractivity contribution in [1.29, 1.82) is 0 Å². The third kappa shape index (κ3) is 4.41. The number of carbonyl (C=O) groups excluding carboxylic acids is 2. The van der Waals surface area contributed by atoms with Crippen molar-refractivity contribution in [3.05, 3.63) is 52.0 Å². The molecule has 1 aromatic carbocycles. The molecule has 2 N–H and O–H groups in total. The first-order valence-electron chi connectivity index (χ1n) is 11.2. The highest BCUT2D eigenvalue weighted by molar-refractivity contribution is 7.14. The summed E-state index contributed by atoms with van der Waals surface area (Å²) in [4.78, 5) is 36.4. The van der Waals surface area contributed by atoms with Crippen LogP contribution in [-0.2, 0) is 4.79 Å². The van der Waals surface area contributed by atoms with E-state index in [9.17, 15) is 14.0 Å². The molecule has 1 saturated carbocycles. The van der Waals surface area contributed by atoms with Crippen molar-refractivity contribution in [2.45, 2.75) is 50.7 Å². The van der Waals surface area contributed by atoms with Gasteiger partial charge in [0.1, 0.15) is 12.0 Å². The zero-order valence-electron chi connectivity index (χ0n) is 18.0. The SMILES string of the molecule is C[C@@H](NC(=O)C[C@H]1C[C@H]1c1nc2ccccc2[nH]1)c1ccc(C(=O)N2CCCC(F)C2)s1. The van der Waals surface area contributed by atoms with Gasteiger partial charge in [0, 0.05) is 23.8 Å². The number of carbonyl (C=O) groups is 2. The molecule has 32 heavy (non-hydrogen) atoms. The summed E-state index contributed by atoms with van der Waals surface area (Å²) in [7, 11) is 0. The molecule has 1 aliphatic heterocycles. The molecule has 6 nitrogen and oxygen atoms in total. The van der Waals surface area contributed by atoms with E-state index >= 15 is 0 Å². The first-order chi connectivity index (χ1) is 15.5. The molecule has 3 aromatic rings. The van der Waals surface area contributed by atoms with Crippen molar-refractivity contribution in [3.8, 4) is 0 Å². The molecule has 0 bridgehead atoms. The largest absolute Gasteiger partial charge is 0.349 e. The van der Waals surface area contributed by atoms with Crippen LogP contribution < -0.4 is 5.32 Å². The highest BCUT2D eigenvalue weighted by Gasteiger charge is 2.42. The van der Waals surface area contributed by atoms with Gasteiger partial charge in [-0.3, -0.25) is 9.59 Å². The molecular formula is C24H27FN4O2S. The Bertz CT molecular complexity index is 1110. The number of para-hydroxylation sites is 2. The zero-order chi connectivity index (χ0) is 22.2. The lowest BCUT2D eigenvalue weighted by atomic mass is 10.1. The Kier molecular flexibility index (Phi) is 5.71. The number of imidazole rings is 1. The van der Waals surface area contributed by atoms with Crippen LogP contribution in [-0.4, -0.2) is 45.9 Å². The van der Waals surface area contributed by atoms with E-state index in [1.54, 1.807) is 11.0 Å².